The molecular weight excluding hydrogens is 533 g/mol. The molecule has 3 aromatic heterocycles. The molecule has 0 radical (unpaired) electrons. The number of rotatable bonds is 3. The minimum absolute atomic E-state index is 0.277. The molecule has 0 N–H and O–H groups in total. The summed E-state index contributed by atoms with van der Waals surface area (Å²) in [6.07, 6.45) is 0. The van der Waals surface area contributed by atoms with Crippen LogP contribution in [0.3, 0.4) is 0 Å². The summed E-state index contributed by atoms with van der Waals surface area (Å²) in [4.78, 5) is 10.1. The predicted octanol–water partition coefficient (Wildman–Crippen LogP) is 10.1. The highest BCUT2D eigenvalue weighted by Crippen LogP contribution is 2.37. The van der Waals surface area contributed by atoms with Crippen LogP contribution in [0, 0.1) is 5.82 Å². The van der Waals surface area contributed by atoms with Gasteiger partial charge in [0.15, 0.2) is 0 Å². The fourth-order valence-electron chi connectivity index (χ4n) is 6.27. The topological polar surface area (TPSA) is 43.9 Å². The molecule has 0 unspecified atom stereocenters. The van der Waals surface area contributed by atoms with Gasteiger partial charge in [-0.05, 0) is 77.9 Å². The van der Waals surface area contributed by atoms with Gasteiger partial charge in [-0.3, -0.25) is 4.57 Å². The number of fused-ring (bicyclic) bond motifs is 7. The Morgan fingerprint density at radius 2 is 1.12 bits per heavy atom. The van der Waals surface area contributed by atoms with E-state index in [1.54, 1.807) is 12.1 Å². The number of hydrogen-bond acceptors (Lipinski definition) is 3. The normalized spacial score (nSPS) is 11.8. The van der Waals surface area contributed by atoms with Gasteiger partial charge >= 0.3 is 0 Å². The maximum absolute atomic E-state index is 13.8. The molecule has 3 heterocycles. The third-order valence-corrected chi connectivity index (χ3v) is 8.29. The van der Waals surface area contributed by atoms with Crippen molar-refractivity contribution in [2.24, 2.45) is 0 Å². The summed E-state index contributed by atoms with van der Waals surface area (Å²) in [6, 6.07) is 43.9. The van der Waals surface area contributed by atoms with Crippen molar-refractivity contribution in [1.82, 2.24) is 14.5 Å². The monoisotopic (exact) mass is 555 g/mol. The minimum Gasteiger partial charge on any atom is -0.456 e. The van der Waals surface area contributed by atoms with E-state index >= 15 is 0 Å². The molecule has 0 spiro atoms. The molecule has 9 aromatic rings. The lowest BCUT2D eigenvalue weighted by atomic mass is 10.0. The van der Waals surface area contributed by atoms with Gasteiger partial charge in [0.25, 0.3) is 0 Å². The van der Waals surface area contributed by atoms with E-state index in [2.05, 4.69) is 65.2 Å². The maximum atomic E-state index is 13.8. The smallest absolute Gasteiger partial charge is 0.235 e. The van der Waals surface area contributed by atoms with E-state index < -0.39 is 0 Å². The number of nitrogens with zero attached hydrogens (tertiary/aromatic N) is 3. The van der Waals surface area contributed by atoms with E-state index in [0.717, 1.165) is 77.0 Å². The van der Waals surface area contributed by atoms with Crippen molar-refractivity contribution < 1.29 is 8.81 Å². The summed E-state index contributed by atoms with van der Waals surface area (Å²) < 4.78 is 22.0. The van der Waals surface area contributed by atoms with Crippen molar-refractivity contribution in [3.63, 3.8) is 0 Å². The molecule has 4 nitrogen and oxygen atoms in total. The van der Waals surface area contributed by atoms with Crippen LogP contribution in [0.2, 0.25) is 0 Å². The Kier molecular flexibility index (Phi) is 5.05. The van der Waals surface area contributed by atoms with Crippen LogP contribution in [0.15, 0.2) is 138 Å². The molecule has 9 rings (SSSR count). The van der Waals surface area contributed by atoms with Crippen molar-refractivity contribution in [2.45, 2.75) is 0 Å². The lowest BCUT2D eigenvalue weighted by Crippen LogP contribution is -2.03. The number of benzene rings is 6. The zero-order valence-corrected chi connectivity index (χ0v) is 22.8. The van der Waals surface area contributed by atoms with Gasteiger partial charge in [0.2, 0.25) is 5.95 Å². The second-order valence-corrected chi connectivity index (χ2v) is 10.8. The summed E-state index contributed by atoms with van der Waals surface area (Å²) in [6.45, 7) is 0. The van der Waals surface area contributed by atoms with Crippen LogP contribution in [0.25, 0.3) is 83.0 Å². The first-order valence-corrected chi connectivity index (χ1v) is 14.2. The van der Waals surface area contributed by atoms with Crippen molar-refractivity contribution in [3.8, 4) is 28.3 Å². The molecule has 0 aliphatic rings. The van der Waals surface area contributed by atoms with E-state index in [4.69, 9.17) is 14.4 Å². The number of halogens is 1. The first-order chi connectivity index (χ1) is 21.2. The molecule has 0 atom stereocenters. The minimum atomic E-state index is -0.277. The lowest BCUT2D eigenvalue weighted by Gasteiger charge is -2.12. The Bertz CT molecular complexity index is 2520. The summed E-state index contributed by atoms with van der Waals surface area (Å²) in [5.74, 6) is 0.295. The molecule has 0 bridgehead atoms. The fraction of sp³-hybridized carbons (Fsp3) is 0. The Labute approximate surface area is 245 Å². The maximum Gasteiger partial charge on any atom is 0.235 e. The van der Waals surface area contributed by atoms with E-state index in [1.807, 2.05) is 48.5 Å². The van der Waals surface area contributed by atoms with Crippen LogP contribution < -0.4 is 0 Å². The lowest BCUT2D eigenvalue weighted by molar-refractivity contribution is 0.628. The third kappa shape index (κ3) is 3.68. The number of aromatic nitrogens is 3. The Morgan fingerprint density at radius 1 is 0.488 bits per heavy atom. The Morgan fingerprint density at radius 3 is 1.98 bits per heavy atom. The van der Waals surface area contributed by atoms with Crippen LogP contribution in [0.1, 0.15) is 0 Å². The highest BCUT2D eigenvalue weighted by molar-refractivity contribution is 6.11. The largest absolute Gasteiger partial charge is 0.456 e. The zero-order chi connectivity index (χ0) is 28.5. The quantitative estimate of drug-likeness (QED) is 0.218. The van der Waals surface area contributed by atoms with Crippen LogP contribution >= 0.6 is 0 Å². The Balaban J connectivity index is 1.28. The average molecular weight is 556 g/mol. The third-order valence-electron chi connectivity index (χ3n) is 8.29. The second-order valence-electron chi connectivity index (χ2n) is 10.8. The van der Waals surface area contributed by atoms with Gasteiger partial charge in [-0.15, -0.1) is 0 Å². The predicted molar refractivity (Wildman–Crippen MR) is 172 cm³/mol. The van der Waals surface area contributed by atoms with Crippen molar-refractivity contribution in [3.05, 3.63) is 139 Å². The highest BCUT2D eigenvalue weighted by Gasteiger charge is 2.18. The molecule has 43 heavy (non-hydrogen) atoms. The molecule has 0 aliphatic heterocycles. The van der Waals surface area contributed by atoms with E-state index in [9.17, 15) is 4.39 Å². The molecule has 5 heteroatoms. The van der Waals surface area contributed by atoms with E-state index in [-0.39, 0.29) is 5.82 Å². The van der Waals surface area contributed by atoms with Crippen molar-refractivity contribution >= 4 is 54.6 Å². The number of furan rings is 1. The SMILES string of the molecule is Fc1ccc(-c2nc(-n3c4ccccc4c4cc(-c5ccc6oc7ccccc7c6c5)ccc43)nc3ccccc23)cc1. The highest BCUT2D eigenvalue weighted by atomic mass is 19.1. The molecule has 202 valence electrons. The summed E-state index contributed by atoms with van der Waals surface area (Å²) in [5.41, 5.74) is 8.49. The molecule has 0 fully saturated rings. The Hall–Kier alpha value is -5.81. The first-order valence-electron chi connectivity index (χ1n) is 14.2. The second kappa shape index (κ2) is 9.10. The van der Waals surface area contributed by atoms with Gasteiger partial charge in [0.1, 0.15) is 17.0 Å². The van der Waals surface area contributed by atoms with Gasteiger partial charge in [-0.1, -0.05) is 66.7 Å². The van der Waals surface area contributed by atoms with E-state index in [0.29, 0.717) is 5.95 Å². The standard InChI is InChI=1S/C38H22FN3O/c39-26-17-13-23(14-18-26)37-29-9-1-4-10-32(29)40-38(41-37)42-33-11-5-2-7-27(33)30-21-24(15-19-34(30)42)25-16-20-36-31(22-25)28-8-3-6-12-35(28)43-36/h1-22H. The first kappa shape index (κ1) is 23.9. The van der Waals surface area contributed by atoms with Crippen LogP contribution in [-0.2, 0) is 0 Å². The van der Waals surface area contributed by atoms with Gasteiger partial charge in [0.05, 0.1) is 22.2 Å². The molecular formula is C38H22FN3O. The number of hydrogen-bond donors (Lipinski definition) is 0. The molecule has 0 saturated heterocycles. The zero-order valence-electron chi connectivity index (χ0n) is 22.8. The van der Waals surface area contributed by atoms with Crippen LogP contribution in [0.4, 0.5) is 4.39 Å². The average Bonchev–Trinajstić information content (AvgIpc) is 3.60. The van der Waals surface area contributed by atoms with Crippen LogP contribution in [0.5, 0.6) is 0 Å². The van der Waals surface area contributed by atoms with Crippen molar-refractivity contribution in [2.75, 3.05) is 0 Å². The summed E-state index contributed by atoms with van der Waals surface area (Å²) in [7, 11) is 0. The van der Waals surface area contributed by atoms with E-state index in [1.165, 1.54) is 12.1 Å². The van der Waals surface area contributed by atoms with Gasteiger partial charge in [-0.25, -0.2) is 14.4 Å². The number of para-hydroxylation sites is 3. The molecule has 0 aliphatic carbocycles. The molecule has 0 saturated carbocycles. The molecule has 0 amide bonds. The van der Waals surface area contributed by atoms with Gasteiger partial charge in [0, 0.05) is 32.5 Å². The summed E-state index contributed by atoms with van der Waals surface area (Å²) >= 11 is 0. The van der Waals surface area contributed by atoms with Gasteiger partial charge < -0.3 is 4.42 Å². The summed E-state index contributed by atoms with van der Waals surface area (Å²) in [5, 5.41) is 5.37. The molecule has 6 aromatic carbocycles. The fourth-order valence-corrected chi connectivity index (χ4v) is 6.27. The van der Waals surface area contributed by atoms with Crippen molar-refractivity contribution in [1.29, 1.82) is 0 Å². The van der Waals surface area contributed by atoms with Gasteiger partial charge in [-0.2, -0.15) is 0 Å². The van der Waals surface area contributed by atoms with Crippen LogP contribution in [-0.4, -0.2) is 14.5 Å².